The zero-order valence-corrected chi connectivity index (χ0v) is 15.9. The van der Waals surface area contributed by atoms with Crippen LogP contribution in [0.5, 0.6) is 17.2 Å². The molecular weight excluding hydrogens is 368 g/mol. The van der Waals surface area contributed by atoms with E-state index >= 15 is 0 Å². The lowest BCUT2D eigenvalue weighted by atomic mass is 10.1. The standard InChI is InChI=1S/C19H18N2O5S/c1-23-13-6-4-12(5-7-13)18-20-21-19(26-18)27-11-16(22)15-9-8-14(24-2)10-17(15)25-3/h4-10H,11H2,1-3H3. The van der Waals surface area contributed by atoms with Crippen molar-refractivity contribution >= 4 is 17.5 Å². The second kappa shape index (κ2) is 8.59. The van der Waals surface area contributed by atoms with E-state index in [-0.39, 0.29) is 11.5 Å². The van der Waals surface area contributed by atoms with E-state index in [9.17, 15) is 4.79 Å². The second-order valence-corrected chi connectivity index (χ2v) is 6.31. The Morgan fingerprint density at radius 3 is 2.33 bits per heavy atom. The molecule has 0 N–H and O–H groups in total. The van der Waals surface area contributed by atoms with Crippen LogP contribution < -0.4 is 14.2 Å². The maximum absolute atomic E-state index is 12.5. The first-order chi connectivity index (χ1) is 13.1. The molecule has 0 spiro atoms. The minimum absolute atomic E-state index is 0.108. The van der Waals surface area contributed by atoms with Crippen LogP contribution in [0.25, 0.3) is 11.5 Å². The number of methoxy groups -OCH3 is 3. The van der Waals surface area contributed by atoms with Gasteiger partial charge < -0.3 is 18.6 Å². The Morgan fingerprint density at radius 1 is 0.963 bits per heavy atom. The molecule has 0 atom stereocenters. The Balaban J connectivity index is 1.66. The molecule has 0 saturated carbocycles. The monoisotopic (exact) mass is 386 g/mol. The van der Waals surface area contributed by atoms with E-state index in [4.69, 9.17) is 18.6 Å². The van der Waals surface area contributed by atoms with Gasteiger partial charge in [0.15, 0.2) is 5.78 Å². The summed E-state index contributed by atoms with van der Waals surface area (Å²) >= 11 is 1.17. The topological polar surface area (TPSA) is 83.7 Å². The molecular formula is C19H18N2O5S. The van der Waals surface area contributed by atoms with Crippen molar-refractivity contribution in [3.05, 3.63) is 48.0 Å². The lowest BCUT2D eigenvalue weighted by Crippen LogP contribution is -2.05. The van der Waals surface area contributed by atoms with Gasteiger partial charge in [-0.1, -0.05) is 11.8 Å². The van der Waals surface area contributed by atoms with Gasteiger partial charge in [-0.2, -0.15) is 0 Å². The fourth-order valence-electron chi connectivity index (χ4n) is 2.35. The van der Waals surface area contributed by atoms with Gasteiger partial charge in [-0.3, -0.25) is 4.79 Å². The summed E-state index contributed by atoms with van der Waals surface area (Å²) in [5, 5.41) is 8.32. The normalized spacial score (nSPS) is 10.5. The summed E-state index contributed by atoms with van der Waals surface area (Å²) in [4.78, 5) is 12.5. The van der Waals surface area contributed by atoms with Gasteiger partial charge in [0.25, 0.3) is 5.22 Å². The van der Waals surface area contributed by atoms with Gasteiger partial charge in [0.05, 0.1) is 32.6 Å². The predicted octanol–water partition coefficient (Wildman–Crippen LogP) is 3.74. The number of Topliss-reactive ketones (excluding diaryl/α,β-unsaturated/α-hetero) is 1. The highest BCUT2D eigenvalue weighted by atomic mass is 32.2. The number of rotatable bonds is 8. The largest absolute Gasteiger partial charge is 0.497 e. The Hall–Kier alpha value is -3.00. The molecule has 1 heterocycles. The Bertz CT molecular complexity index is 924. The van der Waals surface area contributed by atoms with Crippen LogP contribution in [0.3, 0.4) is 0 Å². The molecule has 8 heteroatoms. The van der Waals surface area contributed by atoms with E-state index in [1.165, 1.54) is 18.9 Å². The first-order valence-corrected chi connectivity index (χ1v) is 8.99. The van der Waals surface area contributed by atoms with Gasteiger partial charge in [0, 0.05) is 11.6 Å². The Labute approximate surface area is 160 Å². The lowest BCUT2D eigenvalue weighted by Gasteiger charge is -2.08. The summed E-state index contributed by atoms with van der Waals surface area (Å²) in [6, 6.07) is 12.3. The van der Waals surface area contributed by atoms with Crippen LogP contribution in [-0.4, -0.2) is 43.1 Å². The molecule has 140 valence electrons. The van der Waals surface area contributed by atoms with Gasteiger partial charge in [0.2, 0.25) is 5.89 Å². The zero-order chi connectivity index (χ0) is 19.2. The molecule has 0 unspecified atom stereocenters. The number of hydrogen-bond donors (Lipinski definition) is 0. The summed E-state index contributed by atoms with van der Waals surface area (Å²) in [5.74, 6) is 2.25. The first kappa shape index (κ1) is 18.8. The first-order valence-electron chi connectivity index (χ1n) is 8.00. The average Bonchev–Trinajstić information content (AvgIpc) is 3.20. The molecule has 0 amide bonds. The smallest absolute Gasteiger partial charge is 0.277 e. The fourth-order valence-corrected chi connectivity index (χ4v) is 3.00. The molecule has 3 aromatic rings. The molecule has 0 fully saturated rings. The number of aromatic nitrogens is 2. The van der Waals surface area contributed by atoms with Crippen LogP contribution in [0.2, 0.25) is 0 Å². The predicted molar refractivity (Wildman–Crippen MR) is 101 cm³/mol. The quantitative estimate of drug-likeness (QED) is 0.428. The Morgan fingerprint density at radius 2 is 1.67 bits per heavy atom. The van der Waals surface area contributed by atoms with Crippen LogP contribution >= 0.6 is 11.8 Å². The zero-order valence-electron chi connectivity index (χ0n) is 15.1. The van der Waals surface area contributed by atoms with E-state index in [2.05, 4.69) is 10.2 Å². The molecule has 3 rings (SSSR count). The third kappa shape index (κ3) is 4.40. The number of ketones is 1. The highest BCUT2D eigenvalue weighted by Gasteiger charge is 2.16. The number of ether oxygens (including phenoxy) is 3. The number of hydrogen-bond acceptors (Lipinski definition) is 8. The maximum atomic E-state index is 12.5. The van der Waals surface area contributed by atoms with E-state index in [1.807, 2.05) is 24.3 Å². The molecule has 0 aliphatic carbocycles. The van der Waals surface area contributed by atoms with Crippen LogP contribution in [0.1, 0.15) is 10.4 Å². The lowest BCUT2D eigenvalue weighted by molar-refractivity contribution is 0.101. The number of carbonyl (C=O) groups is 1. The van der Waals surface area contributed by atoms with Gasteiger partial charge in [-0.05, 0) is 36.4 Å². The third-order valence-corrected chi connectivity index (χ3v) is 4.60. The SMILES string of the molecule is COc1ccc(-c2nnc(SCC(=O)c3ccc(OC)cc3OC)o2)cc1. The summed E-state index contributed by atoms with van der Waals surface area (Å²) in [5.41, 5.74) is 1.25. The second-order valence-electron chi connectivity index (χ2n) is 5.38. The average molecular weight is 386 g/mol. The van der Waals surface area contributed by atoms with Crippen molar-refractivity contribution in [1.82, 2.24) is 10.2 Å². The Kier molecular flexibility index (Phi) is 5.97. The number of carbonyl (C=O) groups excluding carboxylic acids is 1. The maximum Gasteiger partial charge on any atom is 0.277 e. The highest BCUT2D eigenvalue weighted by Crippen LogP contribution is 2.28. The molecule has 27 heavy (non-hydrogen) atoms. The molecule has 1 aromatic heterocycles. The van der Waals surface area contributed by atoms with Crippen molar-refractivity contribution in [2.24, 2.45) is 0 Å². The van der Waals surface area contributed by atoms with Gasteiger partial charge in [0.1, 0.15) is 17.2 Å². The van der Waals surface area contributed by atoms with E-state index in [0.29, 0.717) is 28.2 Å². The summed E-state index contributed by atoms with van der Waals surface area (Å²) in [6.07, 6.45) is 0. The van der Waals surface area contributed by atoms with E-state index in [1.54, 1.807) is 32.4 Å². The minimum atomic E-state index is -0.108. The van der Waals surface area contributed by atoms with Crippen molar-refractivity contribution in [2.45, 2.75) is 5.22 Å². The minimum Gasteiger partial charge on any atom is -0.497 e. The van der Waals surface area contributed by atoms with Crippen LogP contribution in [-0.2, 0) is 0 Å². The van der Waals surface area contributed by atoms with Crippen LogP contribution in [0.4, 0.5) is 0 Å². The molecule has 0 bridgehead atoms. The number of thioether (sulfide) groups is 1. The van der Waals surface area contributed by atoms with Crippen LogP contribution in [0, 0.1) is 0 Å². The number of benzene rings is 2. The third-order valence-electron chi connectivity index (χ3n) is 3.78. The van der Waals surface area contributed by atoms with Crippen molar-refractivity contribution in [1.29, 1.82) is 0 Å². The van der Waals surface area contributed by atoms with Gasteiger partial charge in [-0.15, -0.1) is 10.2 Å². The molecule has 7 nitrogen and oxygen atoms in total. The van der Waals surface area contributed by atoms with E-state index < -0.39 is 0 Å². The van der Waals surface area contributed by atoms with Crippen molar-refractivity contribution < 1.29 is 23.4 Å². The molecule has 0 saturated heterocycles. The van der Waals surface area contributed by atoms with Crippen LogP contribution in [0.15, 0.2) is 52.1 Å². The summed E-state index contributed by atoms with van der Waals surface area (Å²) < 4.78 is 21.2. The fraction of sp³-hybridized carbons (Fsp3) is 0.211. The highest BCUT2D eigenvalue weighted by molar-refractivity contribution is 7.99. The summed E-state index contributed by atoms with van der Waals surface area (Å²) in [6.45, 7) is 0. The number of nitrogens with zero attached hydrogens (tertiary/aromatic N) is 2. The molecule has 2 aromatic carbocycles. The van der Waals surface area contributed by atoms with E-state index in [0.717, 1.165) is 11.3 Å². The van der Waals surface area contributed by atoms with Gasteiger partial charge >= 0.3 is 0 Å². The van der Waals surface area contributed by atoms with Crippen molar-refractivity contribution in [3.8, 4) is 28.7 Å². The van der Waals surface area contributed by atoms with Crippen molar-refractivity contribution in [2.75, 3.05) is 27.1 Å². The molecule has 0 aliphatic heterocycles. The molecule has 0 aliphatic rings. The summed E-state index contributed by atoms with van der Waals surface area (Å²) in [7, 11) is 4.67. The molecule has 0 radical (unpaired) electrons. The van der Waals surface area contributed by atoms with Gasteiger partial charge in [-0.25, -0.2) is 0 Å². The van der Waals surface area contributed by atoms with Crippen molar-refractivity contribution in [3.63, 3.8) is 0 Å².